The lowest BCUT2D eigenvalue weighted by atomic mass is 10.1. The van der Waals surface area contributed by atoms with Crippen LogP contribution >= 0.6 is 0 Å². The molecule has 0 saturated carbocycles. The number of nitrogens with zero attached hydrogens (tertiary/aromatic N) is 1. The number of aryl methyl sites for hydroxylation is 1. The molecular weight excluding hydrogens is 422 g/mol. The highest BCUT2D eigenvalue weighted by Gasteiger charge is 2.19. The first-order chi connectivity index (χ1) is 14.7. The van der Waals surface area contributed by atoms with Gasteiger partial charge in [0, 0.05) is 17.7 Å². The van der Waals surface area contributed by atoms with Crippen LogP contribution in [0.3, 0.4) is 0 Å². The van der Waals surface area contributed by atoms with Crippen molar-refractivity contribution in [3.63, 3.8) is 0 Å². The number of nitrogens with one attached hydrogen (secondary N) is 2. The Balaban J connectivity index is 1.92. The molecule has 3 aromatic rings. The number of benzene rings is 3. The number of rotatable bonds is 7. The van der Waals surface area contributed by atoms with E-state index in [0.717, 1.165) is 11.6 Å². The van der Waals surface area contributed by atoms with Gasteiger partial charge in [-0.15, -0.1) is 0 Å². The number of nitro benzene ring substituents is 1. The molecule has 0 bridgehead atoms. The minimum absolute atomic E-state index is 0.0375. The summed E-state index contributed by atoms with van der Waals surface area (Å²) in [5, 5.41) is 13.6. The summed E-state index contributed by atoms with van der Waals surface area (Å²) in [6, 6.07) is 16.1. The summed E-state index contributed by atoms with van der Waals surface area (Å²) in [6.07, 6.45) is 0. The van der Waals surface area contributed by atoms with Crippen LogP contribution in [-0.2, 0) is 10.0 Å². The SMILES string of the molecule is COc1ccc(S(=O)(=O)Nc2cccc([N+](=O)[O-])c2)cc1NC(=O)c1ccccc1C. The third kappa shape index (κ3) is 4.98. The molecule has 0 aliphatic heterocycles. The fraction of sp³-hybridized carbons (Fsp3) is 0.0952. The lowest BCUT2D eigenvalue weighted by molar-refractivity contribution is -0.384. The van der Waals surface area contributed by atoms with Crippen molar-refractivity contribution >= 4 is 33.0 Å². The van der Waals surface area contributed by atoms with Crippen LogP contribution in [0.25, 0.3) is 0 Å². The van der Waals surface area contributed by atoms with Gasteiger partial charge in [-0.3, -0.25) is 19.6 Å². The van der Waals surface area contributed by atoms with E-state index in [1.54, 1.807) is 31.2 Å². The molecule has 0 fully saturated rings. The topological polar surface area (TPSA) is 128 Å². The number of nitro groups is 1. The van der Waals surface area contributed by atoms with Gasteiger partial charge in [0.25, 0.3) is 21.6 Å². The standard InChI is InChI=1S/C21H19N3O6S/c1-14-6-3-4-9-18(14)21(25)22-19-13-17(10-11-20(19)30-2)31(28,29)23-15-7-5-8-16(12-15)24(26)27/h3-13,23H,1-2H3,(H,22,25). The van der Waals surface area contributed by atoms with Crippen molar-refractivity contribution in [1.29, 1.82) is 0 Å². The molecule has 0 saturated heterocycles. The summed E-state index contributed by atoms with van der Waals surface area (Å²) in [4.78, 5) is 22.8. The third-order valence-corrected chi connectivity index (χ3v) is 5.81. The summed E-state index contributed by atoms with van der Waals surface area (Å²) in [6.45, 7) is 1.79. The van der Waals surface area contributed by atoms with Crippen LogP contribution in [0.15, 0.2) is 71.6 Å². The van der Waals surface area contributed by atoms with Crippen molar-refractivity contribution in [2.45, 2.75) is 11.8 Å². The Hall–Kier alpha value is -3.92. The molecule has 2 N–H and O–H groups in total. The summed E-state index contributed by atoms with van der Waals surface area (Å²) >= 11 is 0. The van der Waals surface area contributed by atoms with Crippen molar-refractivity contribution in [3.05, 3.63) is 88.0 Å². The monoisotopic (exact) mass is 441 g/mol. The third-order valence-electron chi connectivity index (χ3n) is 4.43. The molecule has 0 heterocycles. The van der Waals surface area contributed by atoms with Crippen LogP contribution in [0, 0.1) is 17.0 Å². The number of carbonyl (C=O) groups is 1. The van der Waals surface area contributed by atoms with Crippen molar-refractivity contribution in [1.82, 2.24) is 0 Å². The minimum Gasteiger partial charge on any atom is -0.495 e. The van der Waals surface area contributed by atoms with E-state index in [9.17, 15) is 23.3 Å². The maximum absolute atomic E-state index is 12.8. The fourth-order valence-electron chi connectivity index (χ4n) is 2.87. The zero-order valence-electron chi connectivity index (χ0n) is 16.7. The second kappa shape index (κ2) is 8.84. The van der Waals surface area contributed by atoms with Gasteiger partial charge in [0.2, 0.25) is 0 Å². The second-order valence-electron chi connectivity index (χ2n) is 6.54. The normalized spacial score (nSPS) is 10.9. The number of non-ortho nitro benzene ring substituents is 1. The predicted octanol–water partition coefficient (Wildman–Crippen LogP) is 3.96. The molecule has 160 valence electrons. The highest BCUT2D eigenvalue weighted by Crippen LogP contribution is 2.29. The van der Waals surface area contributed by atoms with Crippen LogP contribution in [0.4, 0.5) is 17.1 Å². The van der Waals surface area contributed by atoms with Crippen LogP contribution in [0.2, 0.25) is 0 Å². The van der Waals surface area contributed by atoms with E-state index < -0.39 is 20.9 Å². The Morgan fingerprint density at radius 1 is 1.03 bits per heavy atom. The van der Waals surface area contributed by atoms with E-state index in [1.807, 2.05) is 0 Å². The molecule has 0 aromatic heterocycles. The van der Waals surface area contributed by atoms with Gasteiger partial charge in [-0.25, -0.2) is 8.42 Å². The van der Waals surface area contributed by atoms with E-state index in [0.29, 0.717) is 5.56 Å². The van der Waals surface area contributed by atoms with Gasteiger partial charge in [0.1, 0.15) is 5.75 Å². The van der Waals surface area contributed by atoms with Gasteiger partial charge in [0.15, 0.2) is 0 Å². The molecule has 3 rings (SSSR count). The van der Waals surface area contributed by atoms with Crippen LogP contribution in [0.5, 0.6) is 5.75 Å². The zero-order valence-corrected chi connectivity index (χ0v) is 17.5. The van der Waals surface area contributed by atoms with Crippen molar-refractivity contribution in [2.24, 2.45) is 0 Å². The van der Waals surface area contributed by atoms with Crippen LogP contribution in [-0.4, -0.2) is 26.4 Å². The number of methoxy groups -OCH3 is 1. The number of anilines is 2. The zero-order chi connectivity index (χ0) is 22.6. The lowest BCUT2D eigenvalue weighted by Crippen LogP contribution is -2.16. The smallest absolute Gasteiger partial charge is 0.271 e. The summed E-state index contributed by atoms with van der Waals surface area (Å²) in [5.74, 6) is -0.145. The van der Waals surface area contributed by atoms with Gasteiger partial charge in [-0.05, 0) is 42.8 Å². The van der Waals surface area contributed by atoms with Gasteiger partial charge >= 0.3 is 0 Å². The molecule has 0 atom stereocenters. The highest BCUT2D eigenvalue weighted by molar-refractivity contribution is 7.92. The Morgan fingerprint density at radius 2 is 1.77 bits per heavy atom. The molecule has 0 aliphatic rings. The van der Waals surface area contributed by atoms with E-state index >= 15 is 0 Å². The molecular formula is C21H19N3O6S. The second-order valence-corrected chi connectivity index (χ2v) is 8.23. The Labute approximate surface area is 178 Å². The number of amides is 1. The average Bonchev–Trinajstić information content (AvgIpc) is 2.73. The molecule has 3 aromatic carbocycles. The van der Waals surface area contributed by atoms with E-state index in [4.69, 9.17) is 4.74 Å². The molecule has 1 amide bonds. The summed E-state index contributed by atoms with van der Waals surface area (Å²) in [5.41, 5.74) is 1.15. The molecule has 31 heavy (non-hydrogen) atoms. The first-order valence-electron chi connectivity index (χ1n) is 9.03. The minimum atomic E-state index is -4.09. The number of hydrogen-bond donors (Lipinski definition) is 2. The lowest BCUT2D eigenvalue weighted by Gasteiger charge is -2.14. The fourth-order valence-corrected chi connectivity index (χ4v) is 3.94. The predicted molar refractivity (Wildman–Crippen MR) is 116 cm³/mol. The highest BCUT2D eigenvalue weighted by atomic mass is 32.2. The number of sulfonamides is 1. The maximum Gasteiger partial charge on any atom is 0.271 e. The molecule has 9 nitrogen and oxygen atoms in total. The van der Waals surface area contributed by atoms with Gasteiger partial charge in [-0.1, -0.05) is 24.3 Å². The largest absolute Gasteiger partial charge is 0.495 e. The number of ether oxygens (including phenoxy) is 1. The first kappa shape index (κ1) is 21.8. The van der Waals surface area contributed by atoms with Gasteiger partial charge < -0.3 is 10.1 Å². The number of carbonyl (C=O) groups excluding carboxylic acids is 1. The van der Waals surface area contributed by atoms with Crippen LogP contribution in [0.1, 0.15) is 15.9 Å². The van der Waals surface area contributed by atoms with Crippen LogP contribution < -0.4 is 14.8 Å². The number of hydrogen-bond acceptors (Lipinski definition) is 6. The molecule has 0 aliphatic carbocycles. The van der Waals surface area contributed by atoms with Crippen molar-refractivity contribution < 1.29 is 22.9 Å². The van der Waals surface area contributed by atoms with Gasteiger partial charge in [-0.2, -0.15) is 0 Å². The van der Waals surface area contributed by atoms with Crippen molar-refractivity contribution in [2.75, 3.05) is 17.1 Å². The van der Waals surface area contributed by atoms with E-state index in [2.05, 4.69) is 10.0 Å². The van der Waals surface area contributed by atoms with Gasteiger partial charge in [0.05, 0.1) is 28.3 Å². The Kier molecular flexibility index (Phi) is 6.21. The average molecular weight is 441 g/mol. The molecule has 0 radical (unpaired) electrons. The van der Waals surface area contributed by atoms with E-state index in [1.165, 1.54) is 43.5 Å². The maximum atomic E-state index is 12.8. The first-order valence-corrected chi connectivity index (χ1v) is 10.5. The molecule has 10 heteroatoms. The Bertz CT molecular complexity index is 1260. The summed E-state index contributed by atoms with van der Waals surface area (Å²) in [7, 11) is -2.69. The Morgan fingerprint density at radius 3 is 2.45 bits per heavy atom. The van der Waals surface area contributed by atoms with E-state index in [-0.39, 0.29) is 27.7 Å². The molecule has 0 spiro atoms. The molecule has 0 unspecified atom stereocenters. The quantitative estimate of drug-likeness (QED) is 0.422. The summed E-state index contributed by atoms with van der Waals surface area (Å²) < 4.78 is 33.2. The van der Waals surface area contributed by atoms with Crippen molar-refractivity contribution in [3.8, 4) is 5.75 Å².